The predicted molar refractivity (Wildman–Crippen MR) is 103 cm³/mol. The molecule has 0 radical (unpaired) electrons. The van der Waals surface area contributed by atoms with E-state index in [0.29, 0.717) is 6.10 Å². The van der Waals surface area contributed by atoms with Crippen LogP contribution in [0.5, 0.6) is 5.75 Å². The van der Waals surface area contributed by atoms with Crippen molar-refractivity contribution in [2.75, 3.05) is 25.9 Å². The Kier molecular flexibility index (Phi) is 5.42. The number of pyridine rings is 1. The Balaban J connectivity index is 0.00000169. The lowest BCUT2D eigenvalue weighted by molar-refractivity contribution is 0.114. The monoisotopic (exact) mass is 366 g/mol. The van der Waals surface area contributed by atoms with E-state index in [0.717, 1.165) is 66.1 Å². The molecular weight excluding hydrogens is 344 g/mol. The summed E-state index contributed by atoms with van der Waals surface area (Å²) in [5.74, 6) is 2.84. The van der Waals surface area contributed by atoms with Crippen molar-refractivity contribution in [2.45, 2.75) is 31.1 Å². The number of likely N-dealkylation sites (tertiary alicyclic amines) is 1. The minimum Gasteiger partial charge on any atom is -0.490 e. The molecule has 2 aliphatic rings. The third kappa shape index (κ3) is 3.44. The third-order valence-electron chi connectivity index (χ3n) is 4.91. The molecule has 0 saturated carbocycles. The van der Waals surface area contributed by atoms with E-state index in [-0.39, 0.29) is 18.0 Å². The van der Waals surface area contributed by atoms with Gasteiger partial charge in [-0.25, -0.2) is 0 Å². The number of rotatable bonds is 2. The van der Waals surface area contributed by atoms with Gasteiger partial charge in [0.1, 0.15) is 11.9 Å². The van der Waals surface area contributed by atoms with Crippen LogP contribution in [-0.4, -0.2) is 41.9 Å². The standard InChI is InChI=1S/C18H22N2O2S.ClH/c1-20-7-4-12(5-8-20)22-13-2-3-17-15(10-13)14-6-9-23-11-16(14)18(21)19-17;/h2-3,10,12H,4-9,11H2,1H3,(H,19,21);1H. The second-order valence-corrected chi connectivity index (χ2v) is 7.65. The molecule has 1 fully saturated rings. The van der Waals surface area contributed by atoms with E-state index in [1.807, 2.05) is 23.9 Å². The van der Waals surface area contributed by atoms with Gasteiger partial charge in [0.2, 0.25) is 0 Å². The Bertz CT molecular complexity index is 784. The molecule has 130 valence electrons. The molecule has 4 rings (SSSR count). The largest absolute Gasteiger partial charge is 0.490 e. The van der Waals surface area contributed by atoms with Crippen LogP contribution in [0, 0.1) is 0 Å². The van der Waals surface area contributed by atoms with Crippen LogP contribution in [0.2, 0.25) is 0 Å². The second kappa shape index (κ2) is 7.38. The number of hydrogen-bond donors (Lipinski definition) is 1. The fourth-order valence-electron chi connectivity index (χ4n) is 3.53. The Morgan fingerprint density at radius 1 is 1.25 bits per heavy atom. The first-order valence-corrected chi connectivity index (χ1v) is 9.47. The van der Waals surface area contributed by atoms with Crippen molar-refractivity contribution in [1.82, 2.24) is 9.88 Å². The Morgan fingerprint density at radius 3 is 2.83 bits per heavy atom. The van der Waals surface area contributed by atoms with E-state index in [1.54, 1.807) is 0 Å². The van der Waals surface area contributed by atoms with Crippen molar-refractivity contribution in [3.63, 3.8) is 0 Å². The molecule has 1 aromatic carbocycles. The maximum Gasteiger partial charge on any atom is 0.252 e. The number of aryl methyl sites for hydroxylation is 1. The topological polar surface area (TPSA) is 45.3 Å². The zero-order valence-corrected chi connectivity index (χ0v) is 15.5. The van der Waals surface area contributed by atoms with Crippen LogP contribution < -0.4 is 10.3 Å². The molecule has 4 nitrogen and oxygen atoms in total. The van der Waals surface area contributed by atoms with E-state index in [4.69, 9.17) is 4.74 Å². The zero-order chi connectivity index (χ0) is 15.8. The summed E-state index contributed by atoms with van der Waals surface area (Å²) in [7, 11) is 2.16. The summed E-state index contributed by atoms with van der Waals surface area (Å²) in [6.45, 7) is 2.19. The van der Waals surface area contributed by atoms with E-state index >= 15 is 0 Å². The first kappa shape index (κ1) is 17.6. The fourth-order valence-corrected chi connectivity index (χ4v) is 4.54. The van der Waals surface area contributed by atoms with Crippen LogP contribution in [-0.2, 0) is 12.2 Å². The summed E-state index contributed by atoms with van der Waals surface area (Å²) < 4.78 is 6.21. The molecule has 6 heteroatoms. The van der Waals surface area contributed by atoms with Crippen LogP contribution in [0.25, 0.3) is 10.9 Å². The SMILES string of the molecule is CN1CCC(Oc2ccc3[nH]c(=O)c4c(c3c2)CCSC4)CC1.Cl. The summed E-state index contributed by atoms with van der Waals surface area (Å²) >= 11 is 1.84. The minimum atomic E-state index is 0. The Morgan fingerprint density at radius 2 is 2.04 bits per heavy atom. The first-order valence-electron chi connectivity index (χ1n) is 8.31. The molecule has 0 bridgehead atoms. The van der Waals surface area contributed by atoms with Gasteiger partial charge in [0, 0.05) is 35.3 Å². The van der Waals surface area contributed by atoms with Crippen molar-refractivity contribution in [3.8, 4) is 5.75 Å². The van der Waals surface area contributed by atoms with Gasteiger partial charge in [-0.2, -0.15) is 11.8 Å². The van der Waals surface area contributed by atoms with Crippen LogP contribution in [0.3, 0.4) is 0 Å². The summed E-state index contributed by atoms with van der Waals surface area (Å²) in [5, 5.41) is 1.16. The first-order chi connectivity index (χ1) is 11.2. The highest BCUT2D eigenvalue weighted by Crippen LogP contribution is 2.30. The summed E-state index contributed by atoms with van der Waals surface area (Å²) in [4.78, 5) is 17.6. The van der Waals surface area contributed by atoms with Crippen LogP contribution in [0.1, 0.15) is 24.0 Å². The highest BCUT2D eigenvalue weighted by molar-refractivity contribution is 7.98. The number of fused-ring (bicyclic) bond motifs is 3. The molecule has 0 aliphatic carbocycles. The van der Waals surface area contributed by atoms with Crippen molar-refractivity contribution < 1.29 is 4.74 Å². The van der Waals surface area contributed by atoms with Gasteiger partial charge in [-0.1, -0.05) is 0 Å². The molecule has 24 heavy (non-hydrogen) atoms. The summed E-state index contributed by atoms with van der Waals surface area (Å²) in [6, 6.07) is 6.10. The van der Waals surface area contributed by atoms with Crippen LogP contribution in [0.4, 0.5) is 0 Å². The molecule has 2 aromatic rings. The van der Waals surface area contributed by atoms with Gasteiger partial charge in [-0.3, -0.25) is 4.79 Å². The quantitative estimate of drug-likeness (QED) is 0.886. The van der Waals surface area contributed by atoms with Gasteiger partial charge < -0.3 is 14.6 Å². The summed E-state index contributed by atoms with van der Waals surface area (Å²) in [5.41, 5.74) is 3.17. The maximum absolute atomic E-state index is 12.2. The van der Waals surface area contributed by atoms with Gasteiger partial charge in [-0.05, 0) is 55.8 Å². The van der Waals surface area contributed by atoms with Gasteiger partial charge in [0.25, 0.3) is 5.56 Å². The van der Waals surface area contributed by atoms with Gasteiger partial charge in [-0.15, -0.1) is 12.4 Å². The van der Waals surface area contributed by atoms with E-state index in [9.17, 15) is 4.79 Å². The number of nitrogens with one attached hydrogen (secondary N) is 1. The Hall–Kier alpha value is -1.17. The average molecular weight is 367 g/mol. The smallest absolute Gasteiger partial charge is 0.252 e. The molecule has 1 aromatic heterocycles. The predicted octanol–water partition coefficient (Wildman–Crippen LogP) is 3.21. The Labute approximate surface area is 152 Å². The van der Waals surface area contributed by atoms with E-state index in [1.165, 1.54) is 5.56 Å². The molecular formula is C18H23ClN2O2S. The van der Waals surface area contributed by atoms with Gasteiger partial charge in [0.05, 0.1) is 0 Å². The van der Waals surface area contributed by atoms with Crippen molar-refractivity contribution >= 4 is 35.1 Å². The molecule has 0 unspecified atom stereocenters. The normalized spacial score (nSPS) is 18.9. The molecule has 1 N–H and O–H groups in total. The lowest BCUT2D eigenvalue weighted by Crippen LogP contribution is -2.35. The molecule has 0 atom stereocenters. The number of H-pyrrole nitrogens is 1. The molecule has 2 aliphatic heterocycles. The maximum atomic E-state index is 12.2. The lowest BCUT2D eigenvalue weighted by atomic mass is 10.0. The van der Waals surface area contributed by atoms with Gasteiger partial charge in [0.15, 0.2) is 0 Å². The number of thioether (sulfide) groups is 1. The van der Waals surface area contributed by atoms with Crippen molar-refractivity contribution in [2.24, 2.45) is 0 Å². The summed E-state index contributed by atoms with van der Waals surface area (Å²) in [6.07, 6.45) is 3.43. The number of halogens is 1. The van der Waals surface area contributed by atoms with E-state index in [2.05, 4.69) is 23.0 Å². The second-order valence-electron chi connectivity index (χ2n) is 6.54. The molecule has 0 spiro atoms. The number of aromatic amines is 1. The fraction of sp³-hybridized carbons (Fsp3) is 0.500. The van der Waals surface area contributed by atoms with Crippen molar-refractivity contribution in [3.05, 3.63) is 39.7 Å². The molecule has 3 heterocycles. The lowest BCUT2D eigenvalue weighted by Gasteiger charge is -2.29. The zero-order valence-electron chi connectivity index (χ0n) is 13.8. The number of benzene rings is 1. The average Bonchev–Trinajstić information content (AvgIpc) is 2.58. The molecule has 1 saturated heterocycles. The van der Waals surface area contributed by atoms with E-state index < -0.39 is 0 Å². The highest BCUT2D eigenvalue weighted by Gasteiger charge is 2.20. The third-order valence-corrected chi connectivity index (χ3v) is 5.90. The van der Waals surface area contributed by atoms with Crippen LogP contribution in [0.15, 0.2) is 23.0 Å². The number of ether oxygens (including phenoxy) is 1. The number of hydrogen-bond acceptors (Lipinski definition) is 4. The highest BCUT2D eigenvalue weighted by atomic mass is 35.5. The van der Waals surface area contributed by atoms with Crippen LogP contribution >= 0.6 is 24.2 Å². The number of piperidine rings is 1. The van der Waals surface area contributed by atoms with Crippen molar-refractivity contribution in [1.29, 1.82) is 0 Å². The van der Waals surface area contributed by atoms with Gasteiger partial charge >= 0.3 is 0 Å². The number of nitrogens with zero attached hydrogens (tertiary/aromatic N) is 1. The molecule has 0 amide bonds. The minimum absolute atomic E-state index is 0. The number of aromatic nitrogens is 1.